The van der Waals surface area contributed by atoms with Crippen molar-refractivity contribution in [2.45, 2.75) is 39.1 Å². The van der Waals surface area contributed by atoms with Crippen LogP contribution in [0.15, 0.2) is 30.5 Å². The standard InChI is InChI=1S/C21H27N3O3/c1-20-10-23-12-21(2,19(20)27)13-24(11-20)18(23)15-9-22(8-7-17(25)26)16-6-4-3-5-14(15)16/h3-6,9,18-19,27H,7-8,10-13H2,1-2H3,(H,25,26). The molecule has 0 radical (unpaired) electrons. The Morgan fingerprint density at radius 3 is 2.30 bits per heavy atom. The van der Waals surface area contributed by atoms with Crippen molar-refractivity contribution in [2.24, 2.45) is 10.8 Å². The Hall–Kier alpha value is -1.89. The topological polar surface area (TPSA) is 68.9 Å². The van der Waals surface area contributed by atoms with E-state index in [-0.39, 0.29) is 29.5 Å². The number of aliphatic hydroxyl groups is 1. The van der Waals surface area contributed by atoms with Crippen LogP contribution in [0, 0.1) is 10.8 Å². The van der Waals surface area contributed by atoms with Crippen LogP contribution in [0.5, 0.6) is 0 Å². The second-order valence-electron chi connectivity index (χ2n) is 9.33. The van der Waals surface area contributed by atoms with Crippen molar-refractivity contribution < 1.29 is 15.0 Å². The molecule has 4 aliphatic rings. The fourth-order valence-corrected chi connectivity index (χ4v) is 6.11. The zero-order valence-electron chi connectivity index (χ0n) is 15.9. The van der Waals surface area contributed by atoms with E-state index in [4.69, 9.17) is 5.11 Å². The summed E-state index contributed by atoms with van der Waals surface area (Å²) in [5.41, 5.74) is 2.20. The van der Waals surface area contributed by atoms with Crippen LogP contribution in [0.4, 0.5) is 0 Å². The number of aryl methyl sites for hydroxylation is 1. The highest BCUT2D eigenvalue weighted by atomic mass is 16.4. The first-order valence-corrected chi connectivity index (χ1v) is 9.77. The number of para-hydroxylation sites is 1. The van der Waals surface area contributed by atoms with Crippen LogP contribution in [0.25, 0.3) is 10.9 Å². The second kappa shape index (κ2) is 5.56. The highest BCUT2D eigenvalue weighted by Gasteiger charge is 2.62. The van der Waals surface area contributed by atoms with Crippen LogP contribution in [0.3, 0.4) is 0 Å². The fraction of sp³-hybridized carbons (Fsp3) is 0.571. The van der Waals surface area contributed by atoms with Gasteiger partial charge in [0, 0.05) is 66.2 Å². The second-order valence-corrected chi connectivity index (χ2v) is 9.33. The molecule has 4 fully saturated rings. The SMILES string of the molecule is CC12CN3CC(C)(CN(C1)C3c1cn(CCC(=O)O)c3ccccc13)C2O. The highest BCUT2D eigenvalue weighted by molar-refractivity contribution is 5.84. The summed E-state index contributed by atoms with van der Waals surface area (Å²) >= 11 is 0. The van der Waals surface area contributed by atoms with Crippen molar-refractivity contribution >= 4 is 16.9 Å². The minimum Gasteiger partial charge on any atom is -0.481 e. The van der Waals surface area contributed by atoms with Gasteiger partial charge in [0.25, 0.3) is 0 Å². The van der Waals surface area contributed by atoms with Crippen LogP contribution in [-0.4, -0.2) is 62.8 Å². The van der Waals surface area contributed by atoms with Crippen molar-refractivity contribution in [1.29, 1.82) is 0 Å². The van der Waals surface area contributed by atoms with Crippen LogP contribution in [0.1, 0.15) is 32.0 Å². The average Bonchev–Trinajstić information content (AvgIpc) is 2.95. The van der Waals surface area contributed by atoms with Crippen molar-refractivity contribution in [3.05, 3.63) is 36.0 Å². The number of piperidine rings is 2. The minimum atomic E-state index is -0.772. The largest absolute Gasteiger partial charge is 0.481 e. The first-order valence-electron chi connectivity index (χ1n) is 9.77. The molecule has 0 unspecified atom stereocenters. The van der Waals surface area contributed by atoms with E-state index >= 15 is 0 Å². The van der Waals surface area contributed by atoms with Gasteiger partial charge in [-0.25, -0.2) is 0 Å². The molecule has 0 aliphatic carbocycles. The van der Waals surface area contributed by atoms with Crippen molar-refractivity contribution in [2.75, 3.05) is 26.2 Å². The summed E-state index contributed by atoms with van der Waals surface area (Å²) < 4.78 is 2.09. The van der Waals surface area contributed by atoms with Gasteiger partial charge in [0.15, 0.2) is 0 Å². The van der Waals surface area contributed by atoms with Crippen molar-refractivity contribution in [1.82, 2.24) is 14.4 Å². The Balaban J connectivity index is 1.56. The summed E-state index contributed by atoms with van der Waals surface area (Å²) in [6.45, 7) is 8.51. The summed E-state index contributed by atoms with van der Waals surface area (Å²) in [5.74, 6) is -0.772. The third kappa shape index (κ3) is 2.40. The number of carboxylic acid groups (broad SMARTS) is 1. The van der Waals surface area contributed by atoms with E-state index in [1.807, 2.05) is 6.07 Å². The number of fused-ring (bicyclic) bond motifs is 1. The van der Waals surface area contributed by atoms with Crippen LogP contribution in [-0.2, 0) is 11.3 Å². The van der Waals surface area contributed by atoms with Gasteiger partial charge in [-0.15, -0.1) is 0 Å². The van der Waals surface area contributed by atoms with Crippen molar-refractivity contribution in [3.8, 4) is 0 Å². The Morgan fingerprint density at radius 2 is 1.70 bits per heavy atom. The molecule has 4 bridgehead atoms. The maximum absolute atomic E-state index is 11.1. The number of aromatic nitrogens is 1. The van der Waals surface area contributed by atoms with Crippen molar-refractivity contribution in [3.63, 3.8) is 0 Å². The predicted molar refractivity (Wildman–Crippen MR) is 102 cm³/mol. The maximum atomic E-state index is 11.1. The molecule has 2 N–H and O–H groups in total. The molecule has 4 aliphatic heterocycles. The van der Waals surface area contributed by atoms with E-state index in [0.29, 0.717) is 6.54 Å². The minimum absolute atomic E-state index is 0.0799. The van der Waals surface area contributed by atoms with E-state index < -0.39 is 5.97 Å². The van der Waals surface area contributed by atoms with E-state index in [2.05, 4.69) is 52.6 Å². The third-order valence-corrected chi connectivity index (χ3v) is 6.93. The summed E-state index contributed by atoms with van der Waals surface area (Å²) in [4.78, 5) is 16.1. The van der Waals surface area contributed by atoms with Gasteiger partial charge in [-0.05, 0) is 6.07 Å². The van der Waals surface area contributed by atoms with Gasteiger partial charge in [-0.3, -0.25) is 14.6 Å². The molecule has 144 valence electrons. The van der Waals surface area contributed by atoms with E-state index in [0.717, 1.165) is 31.7 Å². The number of aliphatic carboxylic acids is 1. The molecule has 0 saturated carbocycles. The monoisotopic (exact) mass is 369 g/mol. The number of aliphatic hydroxyl groups excluding tert-OH is 1. The summed E-state index contributed by atoms with van der Waals surface area (Å²) in [6.07, 6.45) is 2.23. The number of carboxylic acids is 1. The quantitative estimate of drug-likeness (QED) is 0.864. The molecule has 1 aromatic heterocycles. The van der Waals surface area contributed by atoms with Gasteiger partial charge in [0.2, 0.25) is 0 Å². The van der Waals surface area contributed by atoms with Gasteiger partial charge >= 0.3 is 5.97 Å². The lowest BCUT2D eigenvalue weighted by Gasteiger charge is -2.68. The highest BCUT2D eigenvalue weighted by Crippen LogP contribution is 2.54. The van der Waals surface area contributed by atoms with Crippen LogP contribution < -0.4 is 0 Å². The number of benzene rings is 1. The number of rotatable bonds is 4. The molecule has 6 rings (SSSR count). The fourth-order valence-electron chi connectivity index (χ4n) is 6.11. The molecule has 0 atom stereocenters. The molecule has 5 heterocycles. The molecule has 6 heteroatoms. The zero-order valence-corrected chi connectivity index (χ0v) is 15.9. The summed E-state index contributed by atoms with van der Waals surface area (Å²) in [6, 6.07) is 8.29. The lowest BCUT2D eigenvalue weighted by molar-refractivity contribution is -0.253. The number of nitrogens with zero attached hydrogens (tertiary/aromatic N) is 3. The number of hydrogen-bond acceptors (Lipinski definition) is 4. The molecule has 0 spiro atoms. The Labute approximate surface area is 159 Å². The number of hydrogen-bond donors (Lipinski definition) is 2. The van der Waals surface area contributed by atoms with E-state index in [9.17, 15) is 9.90 Å². The Bertz CT molecular complexity index is 883. The maximum Gasteiger partial charge on any atom is 0.305 e. The van der Waals surface area contributed by atoms with Gasteiger partial charge in [-0.2, -0.15) is 0 Å². The van der Waals surface area contributed by atoms with Gasteiger partial charge < -0.3 is 14.8 Å². The third-order valence-electron chi connectivity index (χ3n) is 6.93. The molecule has 1 aromatic carbocycles. The van der Waals surface area contributed by atoms with E-state index in [1.165, 1.54) is 10.9 Å². The molecular weight excluding hydrogens is 342 g/mol. The first-order chi connectivity index (χ1) is 12.8. The smallest absolute Gasteiger partial charge is 0.305 e. The summed E-state index contributed by atoms with van der Waals surface area (Å²) in [5, 5.41) is 21.2. The lowest BCUT2D eigenvalue weighted by Crippen LogP contribution is -2.76. The zero-order chi connectivity index (χ0) is 19.0. The van der Waals surface area contributed by atoms with Gasteiger partial charge in [-0.1, -0.05) is 32.0 Å². The molecule has 27 heavy (non-hydrogen) atoms. The molecular formula is C21H27N3O3. The predicted octanol–water partition coefficient (Wildman–Crippen LogP) is 2.13. The van der Waals surface area contributed by atoms with Crippen LogP contribution in [0.2, 0.25) is 0 Å². The summed E-state index contributed by atoms with van der Waals surface area (Å²) in [7, 11) is 0. The molecule has 6 nitrogen and oxygen atoms in total. The van der Waals surface area contributed by atoms with Gasteiger partial charge in [0.05, 0.1) is 18.7 Å². The molecule has 0 amide bonds. The molecule has 4 saturated heterocycles. The Morgan fingerprint density at radius 1 is 1.11 bits per heavy atom. The Kier molecular flexibility index (Phi) is 3.55. The first kappa shape index (κ1) is 17.2. The van der Waals surface area contributed by atoms with Gasteiger partial charge in [0.1, 0.15) is 0 Å². The number of carbonyl (C=O) groups is 1. The average molecular weight is 369 g/mol. The normalized spacial score (nSPS) is 40.0. The van der Waals surface area contributed by atoms with Crippen LogP contribution >= 0.6 is 0 Å². The van der Waals surface area contributed by atoms with E-state index in [1.54, 1.807) is 0 Å². The molecule has 2 aromatic rings. The lowest BCUT2D eigenvalue weighted by atomic mass is 9.60.